The van der Waals surface area contributed by atoms with Crippen LogP contribution in [0.15, 0.2) is 18.2 Å². The van der Waals surface area contributed by atoms with Gasteiger partial charge in [-0.3, -0.25) is 0 Å². The van der Waals surface area contributed by atoms with Gasteiger partial charge < -0.3 is 5.32 Å². The van der Waals surface area contributed by atoms with Crippen molar-refractivity contribution in [2.45, 2.75) is 58.4 Å². The van der Waals surface area contributed by atoms with Gasteiger partial charge in [0.2, 0.25) is 0 Å². The Hall–Kier alpha value is -0.960. The lowest BCUT2D eigenvalue weighted by Gasteiger charge is -2.39. The summed E-state index contributed by atoms with van der Waals surface area (Å²) in [5, 5.41) is 3.42. The third-order valence-electron chi connectivity index (χ3n) is 4.94. The highest BCUT2D eigenvalue weighted by Crippen LogP contribution is 2.46. The third kappa shape index (κ3) is 3.82. The molecular formula is C18H27F2N. The lowest BCUT2D eigenvalue weighted by Crippen LogP contribution is -2.44. The highest BCUT2D eigenvalue weighted by atomic mass is 19.1. The van der Waals surface area contributed by atoms with Crippen LogP contribution in [-0.4, -0.2) is 13.1 Å². The van der Waals surface area contributed by atoms with Crippen LogP contribution in [0, 0.1) is 23.0 Å². The summed E-state index contributed by atoms with van der Waals surface area (Å²) in [5.41, 5.74) is 0.870. The zero-order valence-corrected chi connectivity index (χ0v) is 13.4. The summed E-state index contributed by atoms with van der Waals surface area (Å²) in [7, 11) is 1.96. The van der Waals surface area contributed by atoms with Gasteiger partial charge in [0.1, 0.15) is 11.6 Å². The van der Waals surface area contributed by atoms with Crippen LogP contribution in [-0.2, 0) is 6.42 Å². The van der Waals surface area contributed by atoms with Crippen molar-refractivity contribution in [1.29, 1.82) is 0 Å². The zero-order chi connectivity index (χ0) is 15.5. The summed E-state index contributed by atoms with van der Waals surface area (Å²) in [6.07, 6.45) is 6.74. The Bertz CT molecular complexity index is 464. The molecule has 0 aliphatic heterocycles. The zero-order valence-electron chi connectivity index (χ0n) is 13.4. The molecule has 1 fully saturated rings. The van der Waals surface area contributed by atoms with E-state index in [1.807, 2.05) is 7.05 Å². The van der Waals surface area contributed by atoms with Crippen molar-refractivity contribution < 1.29 is 8.78 Å². The predicted octanol–water partition coefficient (Wildman–Crippen LogP) is 4.70. The first-order valence-corrected chi connectivity index (χ1v) is 8.08. The molecule has 118 valence electrons. The molecule has 1 aliphatic carbocycles. The highest BCUT2D eigenvalue weighted by molar-refractivity contribution is 5.20. The predicted molar refractivity (Wildman–Crippen MR) is 83.3 cm³/mol. The van der Waals surface area contributed by atoms with Gasteiger partial charge in [0.25, 0.3) is 0 Å². The van der Waals surface area contributed by atoms with Crippen LogP contribution in [0.3, 0.4) is 0 Å². The fourth-order valence-electron chi connectivity index (χ4n) is 4.12. The fraction of sp³-hybridized carbons (Fsp3) is 0.667. The van der Waals surface area contributed by atoms with Gasteiger partial charge in [-0.15, -0.1) is 0 Å². The molecule has 1 aromatic rings. The average molecular weight is 295 g/mol. The summed E-state index contributed by atoms with van der Waals surface area (Å²) >= 11 is 0. The molecule has 1 aliphatic rings. The van der Waals surface area contributed by atoms with Crippen LogP contribution in [0.2, 0.25) is 0 Å². The molecule has 0 aromatic heterocycles. The Balaban J connectivity index is 2.20. The summed E-state index contributed by atoms with van der Waals surface area (Å²) in [4.78, 5) is 0. The van der Waals surface area contributed by atoms with Crippen LogP contribution in [0.4, 0.5) is 8.78 Å². The minimum Gasteiger partial charge on any atom is -0.316 e. The molecule has 1 unspecified atom stereocenters. The van der Waals surface area contributed by atoms with Crippen LogP contribution in [0.5, 0.6) is 0 Å². The van der Waals surface area contributed by atoms with Gasteiger partial charge in [0.15, 0.2) is 0 Å². The Morgan fingerprint density at radius 3 is 2.38 bits per heavy atom. The van der Waals surface area contributed by atoms with E-state index in [0.29, 0.717) is 17.9 Å². The van der Waals surface area contributed by atoms with Gasteiger partial charge in [-0.1, -0.05) is 32.8 Å². The van der Waals surface area contributed by atoms with Crippen LogP contribution in [0.1, 0.15) is 51.5 Å². The molecular weight excluding hydrogens is 268 g/mol. The van der Waals surface area contributed by atoms with Gasteiger partial charge in [0.05, 0.1) is 0 Å². The molecule has 1 N–H and O–H groups in total. The smallest absolute Gasteiger partial charge is 0.129 e. The maximum atomic E-state index is 14.0. The second-order valence-corrected chi connectivity index (χ2v) is 6.95. The van der Waals surface area contributed by atoms with Crippen molar-refractivity contribution >= 4 is 0 Å². The minimum absolute atomic E-state index is 0.252. The largest absolute Gasteiger partial charge is 0.316 e. The number of likely N-dealkylation sites (N-methyl/N-ethyl adjacent to an activating group) is 1. The number of benzene rings is 1. The molecule has 1 saturated carbocycles. The second-order valence-electron chi connectivity index (χ2n) is 6.95. The van der Waals surface area contributed by atoms with E-state index in [1.54, 1.807) is 6.07 Å². The summed E-state index contributed by atoms with van der Waals surface area (Å²) in [6.45, 7) is 4.51. The van der Waals surface area contributed by atoms with E-state index in [1.165, 1.54) is 38.2 Å². The maximum absolute atomic E-state index is 14.0. The molecule has 0 radical (unpaired) electrons. The lowest BCUT2D eigenvalue weighted by molar-refractivity contribution is 0.159. The quantitative estimate of drug-likeness (QED) is 0.802. The van der Waals surface area contributed by atoms with E-state index in [4.69, 9.17) is 0 Å². The van der Waals surface area contributed by atoms with Crippen LogP contribution < -0.4 is 5.32 Å². The Morgan fingerprint density at radius 2 is 1.86 bits per heavy atom. The normalized spacial score (nSPS) is 19.1. The van der Waals surface area contributed by atoms with Gasteiger partial charge in [-0.05, 0) is 55.7 Å². The third-order valence-corrected chi connectivity index (χ3v) is 4.94. The summed E-state index contributed by atoms with van der Waals surface area (Å²) in [5.74, 6) is -0.292. The molecule has 0 heterocycles. The first-order valence-electron chi connectivity index (χ1n) is 8.08. The molecule has 3 heteroatoms. The monoisotopic (exact) mass is 295 g/mol. The molecule has 21 heavy (non-hydrogen) atoms. The van der Waals surface area contributed by atoms with Crippen molar-refractivity contribution in [3.05, 3.63) is 35.4 Å². The Kier molecular flexibility index (Phi) is 5.37. The van der Waals surface area contributed by atoms with Crippen LogP contribution in [0.25, 0.3) is 0 Å². The fourth-order valence-corrected chi connectivity index (χ4v) is 4.12. The van der Waals surface area contributed by atoms with E-state index in [0.717, 1.165) is 6.07 Å². The SMILES string of the molecule is CNC(Cc1ccc(F)cc1F)C1(CC(C)C)CCCC1. The van der Waals surface area contributed by atoms with Gasteiger partial charge in [-0.25, -0.2) is 8.78 Å². The minimum atomic E-state index is -0.505. The van der Waals surface area contributed by atoms with Crippen LogP contribution >= 0.6 is 0 Å². The standard InChI is InChI=1S/C18H27F2N/c1-13(2)12-18(8-4-5-9-18)17(21-3)10-14-6-7-15(19)11-16(14)20/h6-7,11,13,17,21H,4-5,8-10,12H2,1-3H3. The molecule has 2 rings (SSSR count). The van der Waals surface area contributed by atoms with Crippen molar-refractivity contribution in [2.75, 3.05) is 7.05 Å². The Labute approximate surface area is 127 Å². The molecule has 0 saturated heterocycles. The van der Waals surface area contributed by atoms with Crippen molar-refractivity contribution in [1.82, 2.24) is 5.32 Å². The lowest BCUT2D eigenvalue weighted by atomic mass is 9.71. The Morgan fingerprint density at radius 1 is 1.19 bits per heavy atom. The number of nitrogens with one attached hydrogen (secondary N) is 1. The maximum Gasteiger partial charge on any atom is 0.129 e. The van der Waals surface area contributed by atoms with E-state index < -0.39 is 11.6 Å². The summed E-state index contributed by atoms with van der Waals surface area (Å²) < 4.78 is 27.0. The first kappa shape index (κ1) is 16.4. The van der Waals surface area contributed by atoms with Gasteiger partial charge in [-0.2, -0.15) is 0 Å². The van der Waals surface area contributed by atoms with Crippen molar-refractivity contribution in [3.63, 3.8) is 0 Å². The number of halogens is 2. The molecule has 0 spiro atoms. The average Bonchev–Trinajstić information content (AvgIpc) is 2.86. The molecule has 1 nitrogen and oxygen atoms in total. The van der Waals surface area contributed by atoms with E-state index in [-0.39, 0.29) is 11.5 Å². The van der Waals surface area contributed by atoms with Gasteiger partial charge in [0, 0.05) is 12.1 Å². The molecule has 0 amide bonds. The van der Waals surface area contributed by atoms with E-state index in [2.05, 4.69) is 19.2 Å². The molecule has 1 aromatic carbocycles. The first-order chi connectivity index (χ1) is 9.97. The van der Waals surface area contributed by atoms with E-state index >= 15 is 0 Å². The summed E-state index contributed by atoms with van der Waals surface area (Å²) in [6, 6.07) is 4.19. The molecule has 0 bridgehead atoms. The van der Waals surface area contributed by atoms with Crippen molar-refractivity contribution in [2.24, 2.45) is 11.3 Å². The van der Waals surface area contributed by atoms with Crippen molar-refractivity contribution in [3.8, 4) is 0 Å². The number of rotatable bonds is 6. The number of hydrogen-bond acceptors (Lipinski definition) is 1. The second kappa shape index (κ2) is 6.87. The number of hydrogen-bond donors (Lipinski definition) is 1. The topological polar surface area (TPSA) is 12.0 Å². The molecule has 1 atom stereocenters. The van der Waals surface area contributed by atoms with E-state index in [9.17, 15) is 8.78 Å². The highest BCUT2D eigenvalue weighted by Gasteiger charge is 2.41. The van der Waals surface area contributed by atoms with Gasteiger partial charge >= 0.3 is 0 Å².